The van der Waals surface area contributed by atoms with E-state index >= 15 is 0 Å². The number of fused-ring (bicyclic) bond motifs is 5. The molecule has 2 aromatic heterocycles. The van der Waals surface area contributed by atoms with Gasteiger partial charge in [-0.15, -0.1) is 22.7 Å². The molecule has 10 aromatic rings. The Balaban J connectivity index is 0.746. The molecule has 60 heavy (non-hydrogen) atoms. The molecule has 0 fully saturated rings. The summed E-state index contributed by atoms with van der Waals surface area (Å²) in [6.45, 7) is 0. The van der Waals surface area contributed by atoms with Gasteiger partial charge in [0.1, 0.15) is 0 Å². The summed E-state index contributed by atoms with van der Waals surface area (Å²) in [6.07, 6.45) is 0. The van der Waals surface area contributed by atoms with Gasteiger partial charge in [-0.05, 0) is 118 Å². The summed E-state index contributed by atoms with van der Waals surface area (Å²) in [4.78, 5) is 12.5. The number of anilines is 6. The standard InChI is InChI=1S/C54H34N2S4/c1-5-13-47-43(9-1)55(44-10-2-6-14-48(44)57-47)41-29-25-37(26-30-41)35-17-21-39(22-18-35)51-33-53-54(59-51)34-52(60-53)40-23-19-36(20-24-40)38-27-31-42(32-28-38)56-45-11-3-7-15-49(45)58-50-16-8-4-12-46(50)56/h1-34H. The van der Waals surface area contributed by atoms with Gasteiger partial charge in [-0.2, -0.15) is 0 Å². The van der Waals surface area contributed by atoms with Gasteiger partial charge in [-0.3, -0.25) is 0 Å². The van der Waals surface area contributed by atoms with E-state index in [-0.39, 0.29) is 0 Å². The average molecular weight is 839 g/mol. The monoisotopic (exact) mass is 838 g/mol. The molecule has 8 aromatic carbocycles. The number of hydrogen-bond acceptors (Lipinski definition) is 6. The number of rotatable bonds is 6. The van der Waals surface area contributed by atoms with Crippen LogP contribution in [-0.4, -0.2) is 0 Å². The summed E-state index contributed by atoms with van der Waals surface area (Å²) in [6, 6.07) is 75.5. The minimum Gasteiger partial charge on any atom is -0.308 e. The first kappa shape index (κ1) is 35.6. The second kappa shape index (κ2) is 14.8. The number of nitrogens with zero attached hydrogens (tertiary/aromatic N) is 2. The quantitative estimate of drug-likeness (QED) is 0.164. The fraction of sp³-hybridized carbons (Fsp3) is 0. The lowest BCUT2D eigenvalue weighted by molar-refractivity contribution is 1.17. The van der Waals surface area contributed by atoms with Crippen molar-refractivity contribution >= 4 is 89.7 Å². The van der Waals surface area contributed by atoms with Crippen molar-refractivity contribution in [1.82, 2.24) is 0 Å². The van der Waals surface area contributed by atoms with Crippen LogP contribution in [0.1, 0.15) is 0 Å². The van der Waals surface area contributed by atoms with Gasteiger partial charge in [0.25, 0.3) is 0 Å². The van der Waals surface area contributed by atoms with Crippen LogP contribution in [0.25, 0.3) is 52.5 Å². The number of para-hydroxylation sites is 4. The van der Waals surface area contributed by atoms with Crippen LogP contribution in [0.5, 0.6) is 0 Å². The molecule has 6 heteroatoms. The van der Waals surface area contributed by atoms with Gasteiger partial charge in [0.15, 0.2) is 0 Å². The third-order valence-electron chi connectivity index (χ3n) is 11.3. The van der Waals surface area contributed by atoms with Crippen molar-refractivity contribution in [2.75, 3.05) is 9.80 Å². The predicted molar refractivity (Wildman–Crippen MR) is 259 cm³/mol. The van der Waals surface area contributed by atoms with Crippen LogP contribution in [0.2, 0.25) is 0 Å². The molecule has 0 N–H and O–H groups in total. The molecule has 284 valence electrons. The van der Waals surface area contributed by atoms with E-state index < -0.39 is 0 Å². The van der Waals surface area contributed by atoms with E-state index in [9.17, 15) is 0 Å². The maximum Gasteiger partial charge on any atom is 0.0601 e. The van der Waals surface area contributed by atoms with E-state index in [2.05, 4.69) is 216 Å². The van der Waals surface area contributed by atoms with Gasteiger partial charge in [0.2, 0.25) is 0 Å². The van der Waals surface area contributed by atoms with E-state index in [1.807, 2.05) is 46.2 Å². The van der Waals surface area contributed by atoms with Gasteiger partial charge >= 0.3 is 0 Å². The van der Waals surface area contributed by atoms with Gasteiger partial charge in [-0.25, -0.2) is 0 Å². The SMILES string of the molecule is c1ccc2c(c1)Sc1ccccc1N2c1ccc(-c2ccc(-c3cc4sc(-c5ccc(-c6ccc(N7c8ccccc8Sc8ccccc87)cc6)cc5)cc4s3)cc2)cc1. The molecule has 0 spiro atoms. The van der Waals surface area contributed by atoms with Crippen LogP contribution >= 0.6 is 46.2 Å². The van der Waals surface area contributed by atoms with Crippen LogP contribution in [0, 0.1) is 0 Å². The third-order valence-corrected chi connectivity index (χ3v) is 16.0. The Hall–Kier alpha value is -6.28. The van der Waals surface area contributed by atoms with Crippen molar-refractivity contribution in [3.8, 4) is 43.1 Å². The summed E-state index contributed by atoms with van der Waals surface area (Å²) in [5, 5.41) is 0. The van der Waals surface area contributed by atoms with Gasteiger partial charge in [0.05, 0.1) is 22.7 Å². The minimum absolute atomic E-state index is 1.17. The summed E-state index contributed by atoms with van der Waals surface area (Å²) in [5.41, 5.74) is 14.6. The molecule has 0 saturated heterocycles. The van der Waals surface area contributed by atoms with Crippen molar-refractivity contribution < 1.29 is 0 Å². The van der Waals surface area contributed by atoms with E-state index in [1.54, 1.807) is 0 Å². The van der Waals surface area contributed by atoms with E-state index in [4.69, 9.17) is 0 Å². The van der Waals surface area contributed by atoms with E-state index in [0.717, 1.165) is 0 Å². The number of thiophene rings is 2. The van der Waals surface area contributed by atoms with Gasteiger partial charge < -0.3 is 9.80 Å². The van der Waals surface area contributed by atoms with Crippen molar-refractivity contribution in [1.29, 1.82) is 0 Å². The summed E-state index contributed by atoms with van der Waals surface area (Å²) in [7, 11) is 0. The Morgan fingerprint density at radius 3 is 0.850 bits per heavy atom. The molecular weight excluding hydrogens is 805 g/mol. The topological polar surface area (TPSA) is 6.48 Å². The van der Waals surface area contributed by atoms with Crippen LogP contribution in [-0.2, 0) is 0 Å². The van der Waals surface area contributed by atoms with Crippen molar-refractivity contribution in [3.63, 3.8) is 0 Å². The zero-order valence-corrected chi connectivity index (χ0v) is 35.4. The second-order valence-electron chi connectivity index (χ2n) is 14.9. The molecule has 0 saturated carbocycles. The van der Waals surface area contributed by atoms with Crippen LogP contribution in [0.4, 0.5) is 34.1 Å². The lowest BCUT2D eigenvalue weighted by Gasteiger charge is -2.32. The Morgan fingerprint density at radius 1 is 0.267 bits per heavy atom. The molecule has 0 aliphatic carbocycles. The number of benzene rings is 8. The Bertz CT molecular complexity index is 2860. The second-order valence-corrected chi connectivity index (χ2v) is 19.3. The summed E-state index contributed by atoms with van der Waals surface area (Å²) < 4.78 is 2.67. The molecule has 0 atom stereocenters. The third kappa shape index (κ3) is 6.27. The Labute approximate surface area is 366 Å². The lowest BCUT2D eigenvalue weighted by atomic mass is 10.0. The highest BCUT2D eigenvalue weighted by molar-refractivity contribution is 8.00. The average Bonchev–Trinajstić information content (AvgIpc) is 3.91. The van der Waals surface area contributed by atoms with Gasteiger partial charge in [0, 0.05) is 50.1 Å². The fourth-order valence-corrected chi connectivity index (χ4v) is 12.9. The highest BCUT2D eigenvalue weighted by Crippen LogP contribution is 2.53. The van der Waals surface area contributed by atoms with Crippen molar-refractivity contribution in [2.24, 2.45) is 0 Å². The number of hydrogen-bond donors (Lipinski definition) is 0. The van der Waals surface area contributed by atoms with E-state index in [0.29, 0.717) is 0 Å². The predicted octanol–water partition coefficient (Wildman–Crippen LogP) is 17.5. The van der Waals surface area contributed by atoms with Crippen molar-refractivity contribution in [3.05, 3.63) is 206 Å². The van der Waals surface area contributed by atoms with Crippen molar-refractivity contribution in [2.45, 2.75) is 19.6 Å². The highest BCUT2D eigenvalue weighted by atomic mass is 32.2. The molecule has 0 bridgehead atoms. The normalized spacial score (nSPS) is 12.8. The largest absolute Gasteiger partial charge is 0.308 e. The first-order valence-corrected chi connectivity index (χ1v) is 23.2. The molecular formula is C54H34N2S4. The van der Waals surface area contributed by atoms with Crippen LogP contribution < -0.4 is 9.80 Å². The smallest absolute Gasteiger partial charge is 0.0601 e. The van der Waals surface area contributed by atoms with Gasteiger partial charge in [-0.1, -0.05) is 145 Å². The highest BCUT2D eigenvalue weighted by Gasteiger charge is 2.25. The zero-order chi connectivity index (χ0) is 39.6. The summed E-state index contributed by atoms with van der Waals surface area (Å²) in [5.74, 6) is 0. The maximum atomic E-state index is 2.38. The first-order valence-electron chi connectivity index (χ1n) is 20.0. The van der Waals surface area contributed by atoms with Crippen LogP contribution in [0.15, 0.2) is 226 Å². The maximum absolute atomic E-state index is 2.38. The molecule has 0 amide bonds. The molecule has 2 aliphatic rings. The molecule has 0 radical (unpaired) electrons. The fourth-order valence-electron chi connectivity index (χ4n) is 8.35. The summed E-state index contributed by atoms with van der Waals surface area (Å²) >= 11 is 7.43. The Kier molecular flexibility index (Phi) is 8.77. The van der Waals surface area contributed by atoms with Crippen LogP contribution in [0.3, 0.4) is 0 Å². The molecule has 2 aliphatic heterocycles. The zero-order valence-electron chi connectivity index (χ0n) is 32.2. The molecule has 2 nitrogen and oxygen atoms in total. The van der Waals surface area contributed by atoms with E-state index in [1.165, 1.54) is 106 Å². The first-order chi connectivity index (χ1) is 29.7. The minimum atomic E-state index is 1.17. The Morgan fingerprint density at radius 2 is 0.533 bits per heavy atom. The molecule has 12 rings (SSSR count). The molecule has 0 unspecified atom stereocenters. The lowest BCUT2D eigenvalue weighted by Crippen LogP contribution is -2.14. The molecule has 4 heterocycles.